The number of nitrogens with one attached hydrogen (secondary N) is 2. The summed E-state index contributed by atoms with van der Waals surface area (Å²) in [5.41, 5.74) is 4.59. The van der Waals surface area contributed by atoms with Crippen molar-refractivity contribution in [1.82, 2.24) is 25.3 Å². The average molecular weight is 489 g/mol. The Labute approximate surface area is 216 Å². The Morgan fingerprint density at radius 2 is 1.73 bits per heavy atom. The number of aryl methyl sites for hydroxylation is 1. The van der Waals surface area contributed by atoms with Crippen LogP contribution in [0.4, 0.5) is 5.95 Å². The molecule has 3 aromatic heterocycles. The van der Waals surface area contributed by atoms with Crippen LogP contribution in [0.5, 0.6) is 11.6 Å². The second-order valence-corrected chi connectivity index (χ2v) is 9.24. The smallest absolute Gasteiger partial charge is 0.228 e. The molecule has 0 aliphatic carbocycles. The molecule has 7 heteroatoms. The maximum atomic E-state index is 6.57. The van der Waals surface area contributed by atoms with Crippen molar-refractivity contribution in [1.29, 1.82) is 0 Å². The Bertz CT molecular complexity index is 1530. The molecule has 7 nitrogen and oxygen atoms in total. The minimum Gasteiger partial charge on any atom is -0.437 e. The molecule has 0 amide bonds. The van der Waals surface area contributed by atoms with Crippen molar-refractivity contribution in [2.24, 2.45) is 0 Å². The van der Waals surface area contributed by atoms with Crippen LogP contribution in [0.3, 0.4) is 0 Å². The fourth-order valence-corrected chi connectivity index (χ4v) is 4.82. The van der Waals surface area contributed by atoms with Crippen molar-refractivity contribution < 1.29 is 4.74 Å². The largest absolute Gasteiger partial charge is 0.437 e. The molecule has 4 heterocycles. The van der Waals surface area contributed by atoms with Gasteiger partial charge in [-0.3, -0.25) is 4.98 Å². The second kappa shape index (κ2) is 10.3. The van der Waals surface area contributed by atoms with E-state index in [4.69, 9.17) is 9.72 Å². The molecule has 37 heavy (non-hydrogen) atoms. The molecule has 0 saturated carbocycles. The monoisotopic (exact) mass is 488 g/mol. The van der Waals surface area contributed by atoms with Crippen LogP contribution in [0.2, 0.25) is 0 Å². The molecule has 1 aliphatic rings. The molecule has 1 aliphatic heterocycles. The van der Waals surface area contributed by atoms with Gasteiger partial charge in [-0.25, -0.2) is 15.0 Å². The number of pyridine rings is 2. The number of fused-ring (bicyclic) bond motifs is 1. The number of rotatable bonds is 6. The predicted octanol–water partition coefficient (Wildman–Crippen LogP) is 6.02. The van der Waals surface area contributed by atoms with Crippen LogP contribution in [0.1, 0.15) is 18.4 Å². The lowest BCUT2D eigenvalue weighted by Crippen LogP contribution is -2.38. The zero-order chi connectivity index (χ0) is 25.0. The molecule has 0 radical (unpaired) electrons. The molecule has 0 bridgehead atoms. The van der Waals surface area contributed by atoms with Gasteiger partial charge in [-0.2, -0.15) is 0 Å². The van der Waals surface area contributed by atoms with Crippen LogP contribution in [0.15, 0.2) is 85.3 Å². The minimum atomic E-state index is 0.320. The molecule has 1 fully saturated rings. The van der Waals surface area contributed by atoms with Crippen LogP contribution in [-0.4, -0.2) is 39.1 Å². The van der Waals surface area contributed by atoms with Gasteiger partial charge in [0.1, 0.15) is 5.75 Å². The van der Waals surface area contributed by atoms with E-state index in [1.54, 1.807) is 12.4 Å². The van der Waals surface area contributed by atoms with E-state index in [9.17, 15) is 0 Å². The van der Waals surface area contributed by atoms with Gasteiger partial charge < -0.3 is 15.4 Å². The minimum absolute atomic E-state index is 0.320. The number of benzene rings is 2. The summed E-state index contributed by atoms with van der Waals surface area (Å²) in [5, 5.41) is 8.97. The number of piperidine rings is 1. The fraction of sp³-hybridized carbons (Fsp3) is 0.200. The maximum Gasteiger partial charge on any atom is 0.228 e. The Kier molecular flexibility index (Phi) is 6.44. The second-order valence-electron chi connectivity index (χ2n) is 9.24. The van der Waals surface area contributed by atoms with Crippen LogP contribution < -0.4 is 15.4 Å². The molecule has 5 aromatic rings. The van der Waals surface area contributed by atoms with Crippen molar-refractivity contribution in [2.75, 3.05) is 18.4 Å². The van der Waals surface area contributed by atoms with Crippen LogP contribution in [0.25, 0.3) is 33.3 Å². The number of nitrogens with zero attached hydrogens (tertiary/aromatic N) is 4. The van der Waals surface area contributed by atoms with E-state index >= 15 is 0 Å². The lowest BCUT2D eigenvalue weighted by atomic mass is 9.99. The molecular weight excluding hydrogens is 460 g/mol. The first-order valence-corrected chi connectivity index (χ1v) is 12.6. The van der Waals surface area contributed by atoms with Gasteiger partial charge in [0.25, 0.3) is 0 Å². The van der Waals surface area contributed by atoms with Gasteiger partial charge in [0.15, 0.2) is 0 Å². The Morgan fingerprint density at radius 1 is 0.811 bits per heavy atom. The Hall–Kier alpha value is -4.36. The van der Waals surface area contributed by atoms with Gasteiger partial charge in [0.05, 0.1) is 17.0 Å². The first-order valence-electron chi connectivity index (χ1n) is 12.6. The number of anilines is 1. The summed E-state index contributed by atoms with van der Waals surface area (Å²) in [6, 6.07) is 22.5. The lowest BCUT2D eigenvalue weighted by Gasteiger charge is -2.23. The summed E-state index contributed by atoms with van der Waals surface area (Å²) in [7, 11) is 0. The van der Waals surface area contributed by atoms with E-state index in [2.05, 4.69) is 56.8 Å². The number of aromatic nitrogens is 4. The first-order chi connectivity index (χ1) is 18.3. The normalized spacial score (nSPS) is 15.4. The number of hydrogen-bond acceptors (Lipinski definition) is 7. The molecule has 1 atom stereocenters. The molecule has 6 rings (SSSR count). The summed E-state index contributed by atoms with van der Waals surface area (Å²) in [6.07, 6.45) is 7.58. The van der Waals surface area contributed by atoms with E-state index in [0.29, 0.717) is 17.9 Å². The number of hydrogen-bond donors (Lipinski definition) is 2. The summed E-state index contributed by atoms with van der Waals surface area (Å²) in [4.78, 5) is 18.4. The first kappa shape index (κ1) is 23.1. The van der Waals surface area contributed by atoms with Gasteiger partial charge >= 0.3 is 0 Å². The molecule has 0 unspecified atom stereocenters. The van der Waals surface area contributed by atoms with E-state index in [1.807, 2.05) is 48.7 Å². The highest BCUT2D eigenvalue weighted by Crippen LogP contribution is 2.39. The number of ether oxygens (including phenoxy) is 1. The van der Waals surface area contributed by atoms with Gasteiger partial charge in [0, 0.05) is 42.1 Å². The van der Waals surface area contributed by atoms with Crippen LogP contribution >= 0.6 is 0 Å². The summed E-state index contributed by atoms with van der Waals surface area (Å²) in [6.45, 7) is 4.03. The highest BCUT2D eigenvalue weighted by molar-refractivity contribution is 6.00. The maximum absolute atomic E-state index is 6.57. The summed E-state index contributed by atoms with van der Waals surface area (Å²) >= 11 is 0. The SMILES string of the molecule is Cc1ccc2c(-c3ccccn3)cccc2c1Oc1ncccc1-c1ccnc(N[C@H]2CCCNC2)n1. The Morgan fingerprint density at radius 3 is 2.59 bits per heavy atom. The molecule has 1 saturated heterocycles. The molecule has 0 spiro atoms. The van der Waals surface area contributed by atoms with E-state index < -0.39 is 0 Å². The standard InChI is InChI=1S/C30H28N6O/c1-20-12-13-22-23(26-11-2-3-16-32-26)8-4-9-24(22)28(20)37-29-25(10-6-17-33-29)27-14-18-34-30(36-27)35-21-7-5-15-31-19-21/h2-4,6,8-14,16-18,21,31H,5,7,15,19H2,1H3,(H,34,35,36)/t21-/m0/s1. The lowest BCUT2D eigenvalue weighted by molar-refractivity contribution is 0.466. The zero-order valence-corrected chi connectivity index (χ0v) is 20.7. The fourth-order valence-electron chi connectivity index (χ4n) is 4.82. The summed E-state index contributed by atoms with van der Waals surface area (Å²) in [5.74, 6) is 1.89. The molecular formula is C30H28N6O. The third-order valence-electron chi connectivity index (χ3n) is 6.68. The quantitative estimate of drug-likeness (QED) is 0.302. The predicted molar refractivity (Wildman–Crippen MR) is 147 cm³/mol. The van der Waals surface area contributed by atoms with E-state index in [0.717, 1.165) is 70.5 Å². The topological polar surface area (TPSA) is 84.9 Å². The highest BCUT2D eigenvalue weighted by Gasteiger charge is 2.17. The zero-order valence-electron chi connectivity index (χ0n) is 20.7. The molecule has 184 valence electrons. The van der Waals surface area contributed by atoms with Gasteiger partial charge in [-0.05, 0) is 67.6 Å². The van der Waals surface area contributed by atoms with Crippen molar-refractivity contribution in [2.45, 2.75) is 25.8 Å². The van der Waals surface area contributed by atoms with Crippen LogP contribution in [-0.2, 0) is 0 Å². The van der Waals surface area contributed by atoms with Crippen LogP contribution in [0, 0.1) is 6.92 Å². The van der Waals surface area contributed by atoms with Crippen molar-refractivity contribution in [3.8, 4) is 34.1 Å². The van der Waals surface area contributed by atoms with Crippen molar-refractivity contribution in [3.63, 3.8) is 0 Å². The molecule has 2 N–H and O–H groups in total. The third-order valence-corrected chi connectivity index (χ3v) is 6.68. The van der Waals surface area contributed by atoms with Gasteiger partial charge in [-0.1, -0.05) is 36.4 Å². The molecule has 2 aromatic carbocycles. The van der Waals surface area contributed by atoms with E-state index in [-0.39, 0.29) is 0 Å². The Balaban J connectivity index is 1.37. The van der Waals surface area contributed by atoms with Gasteiger partial charge in [0.2, 0.25) is 11.8 Å². The highest BCUT2D eigenvalue weighted by atomic mass is 16.5. The third kappa shape index (κ3) is 4.86. The van der Waals surface area contributed by atoms with Crippen molar-refractivity contribution >= 4 is 16.7 Å². The van der Waals surface area contributed by atoms with Crippen molar-refractivity contribution in [3.05, 3.63) is 90.9 Å². The van der Waals surface area contributed by atoms with E-state index in [1.165, 1.54) is 0 Å². The van der Waals surface area contributed by atoms with Gasteiger partial charge in [-0.15, -0.1) is 0 Å². The average Bonchev–Trinajstić information content (AvgIpc) is 2.96. The summed E-state index contributed by atoms with van der Waals surface area (Å²) < 4.78 is 6.57.